The van der Waals surface area contributed by atoms with Gasteiger partial charge in [0.05, 0.1) is 18.6 Å². The zero-order chi connectivity index (χ0) is 22.9. The van der Waals surface area contributed by atoms with Gasteiger partial charge in [0.15, 0.2) is 0 Å². The van der Waals surface area contributed by atoms with E-state index >= 15 is 0 Å². The summed E-state index contributed by atoms with van der Waals surface area (Å²) in [6.45, 7) is 0.0241. The van der Waals surface area contributed by atoms with Crippen LogP contribution in [0, 0.1) is 23.0 Å². The van der Waals surface area contributed by atoms with Gasteiger partial charge in [-0.1, -0.05) is 30.3 Å². The van der Waals surface area contributed by atoms with Gasteiger partial charge in [0.25, 0.3) is 0 Å². The molecular weight excluding hydrogens is 416 g/mol. The third kappa shape index (κ3) is 6.52. The van der Waals surface area contributed by atoms with Gasteiger partial charge in [0.1, 0.15) is 24.0 Å². The molecule has 3 aromatic carbocycles. The van der Waals surface area contributed by atoms with Gasteiger partial charge < -0.3 is 20.5 Å². The van der Waals surface area contributed by atoms with E-state index in [0.29, 0.717) is 23.9 Å². The van der Waals surface area contributed by atoms with Crippen LogP contribution >= 0.6 is 0 Å². The first-order valence-corrected chi connectivity index (χ1v) is 9.80. The molecule has 164 valence electrons. The number of hydrogen-bond donors (Lipinski definition) is 3. The number of nitriles is 1. The topological polar surface area (TPSA) is 94.4 Å². The quantitative estimate of drug-likeness (QED) is 0.485. The number of halogens is 2. The number of aliphatic hydroxyl groups excluding tert-OH is 1. The highest BCUT2D eigenvalue weighted by Crippen LogP contribution is 2.18. The lowest BCUT2D eigenvalue weighted by atomic mass is 10.1. The molecule has 3 rings (SSSR count). The third-order valence-electron chi connectivity index (χ3n) is 4.57. The first-order valence-electron chi connectivity index (χ1n) is 9.80. The molecule has 0 saturated heterocycles. The molecule has 0 aromatic heterocycles. The highest BCUT2D eigenvalue weighted by molar-refractivity contribution is 5.89. The summed E-state index contributed by atoms with van der Waals surface area (Å²) in [6.07, 6.45) is -0.980. The molecule has 0 aliphatic heterocycles. The molecule has 0 spiro atoms. The van der Waals surface area contributed by atoms with Crippen molar-refractivity contribution in [3.8, 4) is 11.8 Å². The summed E-state index contributed by atoms with van der Waals surface area (Å²) in [5.41, 5.74) is 2.13. The van der Waals surface area contributed by atoms with E-state index in [1.165, 1.54) is 0 Å². The summed E-state index contributed by atoms with van der Waals surface area (Å²) in [6, 6.07) is 18.6. The minimum atomic E-state index is -1.32. The third-order valence-corrected chi connectivity index (χ3v) is 4.57. The van der Waals surface area contributed by atoms with Gasteiger partial charge in [-0.05, 0) is 41.5 Å². The number of anilines is 1. The number of urea groups is 1. The van der Waals surface area contributed by atoms with Gasteiger partial charge in [-0.2, -0.15) is 5.26 Å². The molecule has 0 aliphatic carbocycles. The lowest BCUT2D eigenvalue weighted by Gasteiger charge is -2.14. The van der Waals surface area contributed by atoms with Gasteiger partial charge in [-0.25, -0.2) is 13.6 Å². The predicted molar refractivity (Wildman–Crippen MR) is 115 cm³/mol. The van der Waals surface area contributed by atoms with Crippen molar-refractivity contribution in [3.05, 3.63) is 95.1 Å². The molecule has 2 amide bonds. The van der Waals surface area contributed by atoms with Crippen LogP contribution in [0.2, 0.25) is 0 Å². The summed E-state index contributed by atoms with van der Waals surface area (Å²) in [5.74, 6) is -0.971. The summed E-state index contributed by atoms with van der Waals surface area (Å²) >= 11 is 0. The largest absolute Gasteiger partial charge is 0.489 e. The number of nitrogens with zero attached hydrogens (tertiary/aromatic N) is 1. The Balaban J connectivity index is 1.50. The summed E-state index contributed by atoms with van der Waals surface area (Å²) < 4.78 is 32.4. The van der Waals surface area contributed by atoms with E-state index in [-0.39, 0.29) is 18.7 Å². The van der Waals surface area contributed by atoms with Crippen LogP contribution < -0.4 is 15.4 Å². The van der Waals surface area contributed by atoms with Gasteiger partial charge in [-0.3, -0.25) is 0 Å². The van der Waals surface area contributed by atoms with Crippen molar-refractivity contribution in [2.75, 3.05) is 11.9 Å². The number of nitrogens with one attached hydrogen (secondary N) is 2. The number of carbonyl (C=O) groups is 1. The number of carbonyl (C=O) groups excluding carboxylic acids is 1. The van der Waals surface area contributed by atoms with Crippen molar-refractivity contribution in [2.24, 2.45) is 0 Å². The smallest absolute Gasteiger partial charge is 0.319 e. The van der Waals surface area contributed by atoms with Crippen LogP contribution in [0.4, 0.5) is 19.3 Å². The molecule has 3 N–H and O–H groups in total. The minimum Gasteiger partial charge on any atom is -0.489 e. The summed E-state index contributed by atoms with van der Waals surface area (Å²) in [5, 5.41) is 23.8. The fourth-order valence-electron chi connectivity index (χ4n) is 2.95. The van der Waals surface area contributed by atoms with E-state index in [1.807, 2.05) is 18.2 Å². The first-order chi connectivity index (χ1) is 15.4. The Morgan fingerprint density at radius 1 is 1.06 bits per heavy atom. The highest BCUT2D eigenvalue weighted by atomic mass is 19.1. The molecule has 6 nitrogen and oxygen atoms in total. The lowest BCUT2D eigenvalue weighted by Crippen LogP contribution is -2.32. The van der Waals surface area contributed by atoms with E-state index in [9.17, 15) is 18.7 Å². The van der Waals surface area contributed by atoms with Crippen LogP contribution in [0.1, 0.15) is 22.8 Å². The maximum absolute atomic E-state index is 13.7. The van der Waals surface area contributed by atoms with Gasteiger partial charge in [0.2, 0.25) is 0 Å². The standard InChI is InChI=1S/C24H21F2N3O3/c25-18-6-9-21(22(26)13-18)23(30)14-28-24(31)29-19-3-1-2-17(12-19)15-32-20-7-4-16(5-8-20)10-11-27/h1-9,12-13,23,30H,10,14-15H2,(H2,28,29,31). The van der Waals surface area contributed by atoms with Crippen molar-refractivity contribution >= 4 is 11.7 Å². The van der Waals surface area contributed by atoms with E-state index in [2.05, 4.69) is 16.7 Å². The monoisotopic (exact) mass is 437 g/mol. The van der Waals surface area contributed by atoms with Crippen LogP contribution in [0.5, 0.6) is 5.75 Å². The normalized spacial score (nSPS) is 11.3. The zero-order valence-corrected chi connectivity index (χ0v) is 17.0. The molecule has 0 radical (unpaired) electrons. The molecule has 0 saturated carbocycles. The molecule has 0 aliphatic rings. The predicted octanol–water partition coefficient (Wildman–Crippen LogP) is 4.46. The van der Waals surface area contributed by atoms with E-state index in [0.717, 1.165) is 23.3 Å². The second kappa shape index (κ2) is 10.9. The maximum atomic E-state index is 13.7. The van der Waals surface area contributed by atoms with Gasteiger partial charge >= 0.3 is 6.03 Å². The number of aliphatic hydroxyl groups is 1. The first kappa shape index (κ1) is 22.7. The molecule has 0 fully saturated rings. The van der Waals surface area contributed by atoms with Crippen molar-refractivity contribution in [3.63, 3.8) is 0 Å². The average molecular weight is 437 g/mol. The molecule has 32 heavy (non-hydrogen) atoms. The molecule has 0 heterocycles. The van der Waals surface area contributed by atoms with E-state index in [1.54, 1.807) is 30.3 Å². The molecule has 0 bridgehead atoms. The van der Waals surface area contributed by atoms with Gasteiger partial charge in [-0.15, -0.1) is 0 Å². The maximum Gasteiger partial charge on any atom is 0.319 e. The summed E-state index contributed by atoms with van der Waals surface area (Å²) in [4.78, 5) is 12.1. The van der Waals surface area contributed by atoms with Crippen LogP contribution in [0.3, 0.4) is 0 Å². The zero-order valence-electron chi connectivity index (χ0n) is 17.0. The Hall–Kier alpha value is -3.96. The summed E-state index contributed by atoms with van der Waals surface area (Å²) in [7, 11) is 0. The number of hydrogen-bond acceptors (Lipinski definition) is 4. The van der Waals surface area contributed by atoms with Crippen LogP contribution in [-0.4, -0.2) is 17.7 Å². The van der Waals surface area contributed by atoms with Crippen molar-refractivity contribution in [1.82, 2.24) is 5.32 Å². The molecule has 8 heteroatoms. The molecule has 3 aromatic rings. The van der Waals surface area contributed by atoms with E-state index < -0.39 is 23.8 Å². The van der Waals surface area contributed by atoms with Crippen molar-refractivity contribution in [2.45, 2.75) is 19.1 Å². The van der Waals surface area contributed by atoms with Crippen molar-refractivity contribution < 1.29 is 23.4 Å². The van der Waals surface area contributed by atoms with Crippen LogP contribution in [0.15, 0.2) is 66.7 Å². The highest BCUT2D eigenvalue weighted by Gasteiger charge is 2.14. The van der Waals surface area contributed by atoms with Crippen molar-refractivity contribution in [1.29, 1.82) is 5.26 Å². The minimum absolute atomic E-state index is 0.105. The fraction of sp³-hybridized carbons (Fsp3) is 0.167. The van der Waals surface area contributed by atoms with Crippen LogP contribution in [0.25, 0.3) is 0 Å². The molecule has 1 unspecified atom stereocenters. The fourth-order valence-corrected chi connectivity index (χ4v) is 2.95. The number of benzene rings is 3. The molecule has 1 atom stereocenters. The van der Waals surface area contributed by atoms with Gasteiger partial charge in [0, 0.05) is 23.9 Å². The average Bonchev–Trinajstić information content (AvgIpc) is 2.77. The Morgan fingerprint density at radius 3 is 2.56 bits per heavy atom. The van der Waals surface area contributed by atoms with E-state index in [4.69, 9.17) is 10.00 Å². The Kier molecular flexibility index (Phi) is 7.73. The second-order valence-corrected chi connectivity index (χ2v) is 6.98. The number of rotatable bonds is 8. The lowest BCUT2D eigenvalue weighted by molar-refractivity contribution is 0.170. The SMILES string of the molecule is N#CCc1ccc(OCc2cccc(NC(=O)NCC(O)c3ccc(F)cc3F)c2)cc1. The second-order valence-electron chi connectivity index (χ2n) is 6.98. The molecular formula is C24H21F2N3O3. The Bertz CT molecular complexity index is 1110. The Morgan fingerprint density at radius 2 is 1.84 bits per heavy atom. The number of ether oxygens (including phenoxy) is 1. The Labute approximate surface area is 184 Å². The van der Waals surface area contributed by atoms with Crippen LogP contribution in [-0.2, 0) is 13.0 Å². The number of amides is 2.